The van der Waals surface area contributed by atoms with Gasteiger partial charge in [-0.3, -0.25) is 0 Å². The van der Waals surface area contributed by atoms with Crippen LogP contribution >= 0.6 is 11.8 Å². The Morgan fingerprint density at radius 3 is 3.05 bits per heavy atom. The van der Waals surface area contributed by atoms with Crippen LogP contribution in [0.25, 0.3) is 0 Å². The summed E-state index contributed by atoms with van der Waals surface area (Å²) in [7, 11) is 1.82. The zero-order chi connectivity index (χ0) is 14.5. The number of urea groups is 1. The molecule has 1 saturated carbocycles. The average molecular weight is 296 g/mol. The third-order valence-corrected chi connectivity index (χ3v) is 5.20. The van der Waals surface area contributed by atoms with E-state index in [1.807, 2.05) is 37.9 Å². The molecule has 1 fully saturated rings. The molecule has 3 atom stereocenters. The molecule has 0 saturated heterocycles. The lowest BCUT2D eigenvalue weighted by Crippen LogP contribution is -2.43. The third-order valence-electron chi connectivity index (χ3n) is 3.97. The predicted octanol–water partition coefficient (Wildman–Crippen LogP) is 3.66. The molecule has 5 heteroatoms. The van der Waals surface area contributed by atoms with Gasteiger partial charge in [-0.15, -0.1) is 0 Å². The highest BCUT2D eigenvalue weighted by Crippen LogP contribution is 2.30. The summed E-state index contributed by atoms with van der Waals surface area (Å²) in [6.45, 7) is 4.16. The van der Waals surface area contributed by atoms with Crippen LogP contribution < -0.4 is 5.32 Å². The molecule has 0 aromatic carbocycles. The number of thioether (sulfide) groups is 1. The van der Waals surface area contributed by atoms with Crippen molar-refractivity contribution in [1.29, 1.82) is 0 Å². The fourth-order valence-electron chi connectivity index (χ4n) is 2.63. The molecule has 0 aliphatic heterocycles. The van der Waals surface area contributed by atoms with Crippen LogP contribution in [0.3, 0.4) is 0 Å². The summed E-state index contributed by atoms with van der Waals surface area (Å²) in [4.78, 5) is 14.0. The number of amides is 2. The standard InChI is InChI=1S/C15H24N2O2S/c1-4-20-13-8-7-12(10-13)16-15(18)17(3)11(2)14-6-5-9-19-14/h5-6,9,11-13H,4,7-8,10H2,1-3H3,(H,16,18)/t11-,12+,13+/m0/s1. The van der Waals surface area contributed by atoms with Crippen LogP contribution in [0.1, 0.15) is 44.9 Å². The summed E-state index contributed by atoms with van der Waals surface area (Å²) in [6.07, 6.45) is 5.03. The molecule has 1 aromatic heterocycles. The van der Waals surface area contributed by atoms with Crippen LogP contribution in [0.15, 0.2) is 22.8 Å². The zero-order valence-corrected chi connectivity index (χ0v) is 13.3. The second-order valence-corrected chi connectivity index (χ2v) is 6.92. The normalized spacial score (nSPS) is 23.6. The van der Waals surface area contributed by atoms with Gasteiger partial charge in [0.25, 0.3) is 0 Å². The first-order chi connectivity index (χ1) is 9.61. The summed E-state index contributed by atoms with van der Waals surface area (Å²) in [6, 6.07) is 4.00. The Balaban J connectivity index is 1.83. The molecule has 2 rings (SSSR count). The van der Waals surface area contributed by atoms with Crippen molar-refractivity contribution in [2.45, 2.75) is 50.4 Å². The van der Waals surface area contributed by atoms with Crippen LogP contribution in [0.5, 0.6) is 0 Å². The van der Waals surface area contributed by atoms with Crippen LogP contribution in [0, 0.1) is 0 Å². The molecule has 1 aromatic rings. The van der Waals surface area contributed by atoms with Gasteiger partial charge in [-0.1, -0.05) is 6.92 Å². The summed E-state index contributed by atoms with van der Waals surface area (Å²) in [5, 5.41) is 3.85. The smallest absolute Gasteiger partial charge is 0.317 e. The molecule has 20 heavy (non-hydrogen) atoms. The second-order valence-electron chi connectivity index (χ2n) is 5.34. The maximum atomic E-state index is 12.3. The fraction of sp³-hybridized carbons (Fsp3) is 0.667. The van der Waals surface area contributed by atoms with Crippen LogP contribution in [0.2, 0.25) is 0 Å². The molecule has 1 heterocycles. The van der Waals surface area contributed by atoms with Gasteiger partial charge in [0.15, 0.2) is 0 Å². The first kappa shape index (κ1) is 15.3. The number of carbonyl (C=O) groups excluding carboxylic acids is 1. The van der Waals surface area contributed by atoms with Gasteiger partial charge in [-0.05, 0) is 44.1 Å². The van der Waals surface area contributed by atoms with E-state index in [0.717, 1.165) is 24.4 Å². The van der Waals surface area contributed by atoms with Crippen molar-refractivity contribution in [3.8, 4) is 0 Å². The van der Waals surface area contributed by atoms with E-state index in [9.17, 15) is 4.79 Å². The summed E-state index contributed by atoms with van der Waals surface area (Å²) in [5.41, 5.74) is 0. The van der Waals surface area contributed by atoms with Crippen molar-refractivity contribution >= 4 is 17.8 Å². The van der Waals surface area contributed by atoms with Gasteiger partial charge in [-0.25, -0.2) is 4.79 Å². The Labute approximate surface area is 125 Å². The summed E-state index contributed by atoms with van der Waals surface area (Å²) in [5.74, 6) is 1.97. The molecule has 1 aliphatic carbocycles. The summed E-state index contributed by atoms with van der Waals surface area (Å²) >= 11 is 2.00. The van der Waals surface area contributed by atoms with Crippen LogP contribution in [0.4, 0.5) is 4.79 Å². The Hall–Kier alpha value is -1.10. The molecule has 4 nitrogen and oxygen atoms in total. The first-order valence-electron chi connectivity index (χ1n) is 7.30. The van der Waals surface area contributed by atoms with Crippen molar-refractivity contribution in [3.63, 3.8) is 0 Å². The van der Waals surface area contributed by atoms with Gasteiger partial charge in [0.2, 0.25) is 0 Å². The number of nitrogens with zero attached hydrogens (tertiary/aromatic N) is 1. The van der Waals surface area contributed by atoms with Crippen molar-refractivity contribution in [2.75, 3.05) is 12.8 Å². The zero-order valence-electron chi connectivity index (χ0n) is 12.5. The minimum atomic E-state index is -0.0489. The van der Waals surface area contributed by atoms with Crippen LogP contribution in [-0.2, 0) is 0 Å². The quantitative estimate of drug-likeness (QED) is 0.902. The monoisotopic (exact) mass is 296 g/mol. The molecule has 0 bridgehead atoms. The van der Waals surface area contributed by atoms with Gasteiger partial charge in [0.1, 0.15) is 5.76 Å². The molecular formula is C15H24N2O2S. The van der Waals surface area contributed by atoms with Gasteiger partial charge in [0.05, 0.1) is 12.3 Å². The van der Waals surface area contributed by atoms with E-state index in [1.54, 1.807) is 11.2 Å². The number of nitrogens with one attached hydrogen (secondary N) is 1. The Morgan fingerprint density at radius 1 is 1.60 bits per heavy atom. The van der Waals surface area contributed by atoms with E-state index >= 15 is 0 Å². The molecule has 1 aliphatic rings. The van der Waals surface area contributed by atoms with Gasteiger partial charge >= 0.3 is 6.03 Å². The van der Waals surface area contributed by atoms with Gasteiger partial charge in [0, 0.05) is 18.3 Å². The number of carbonyl (C=O) groups is 1. The maximum Gasteiger partial charge on any atom is 0.317 e. The molecule has 0 radical (unpaired) electrons. The molecule has 1 N–H and O–H groups in total. The van der Waals surface area contributed by atoms with Crippen molar-refractivity contribution in [3.05, 3.63) is 24.2 Å². The van der Waals surface area contributed by atoms with Crippen molar-refractivity contribution < 1.29 is 9.21 Å². The lowest BCUT2D eigenvalue weighted by molar-refractivity contribution is 0.183. The lowest BCUT2D eigenvalue weighted by Gasteiger charge is -2.25. The molecular weight excluding hydrogens is 272 g/mol. The highest BCUT2D eigenvalue weighted by atomic mass is 32.2. The fourth-order valence-corrected chi connectivity index (χ4v) is 3.77. The Bertz CT molecular complexity index is 422. The second kappa shape index (κ2) is 7.07. The topological polar surface area (TPSA) is 45.5 Å². The Morgan fingerprint density at radius 2 is 2.40 bits per heavy atom. The van der Waals surface area contributed by atoms with E-state index in [2.05, 4.69) is 12.2 Å². The molecule has 2 amide bonds. The SMILES string of the molecule is CCS[C@@H]1CC[C@@H](NC(=O)N(C)[C@@H](C)c2ccco2)C1. The predicted molar refractivity (Wildman–Crippen MR) is 83.0 cm³/mol. The highest BCUT2D eigenvalue weighted by Gasteiger charge is 2.28. The van der Waals surface area contributed by atoms with Gasteiger partial charge in [-0.2, -0.15) is 11.8 Å². The van der Waals surface area contributed by atoms with E-state index in [4.69, 9.17) is 4.42 Å². The number of hydrogen-bond donors (Lipinski definition) is 1. The average Bonchev–Trinajstić information content (AvgIpc) is 3.09. The number of rotatable bonds is 5. The minimum Gasteiger partial charge on any atom is -0.467 e. The van der Waals surface area contributed by atoms with E-state index in [0.29, 0.717) is 11.3 Å². The highest BCUT2D eigenvalue weighted by molar-refractivity contribution is 7.99. The lowest BCUT2D eigenvalue weighted by atomic mass is 10.2. The van der Waals surface area contributed by atoms with Crippen molar-refractivity contribution in [1.82, 2.24) is 10.2 Å². The minimum absolute atomic E-state index is 0.0129. The molecule has 0 unspecified atom stereocenters. The van der Waals surface area contributed by atoms with E-state index in [1.165, 1.54) is 6.42 Å². The number of furan rings is 1. The van der Waals surface area contributed by atoms with E-state index in [-0.39, 0.29) is 12.1 Å². The Kier molecular flexibility index (Phi) is 5.40. The molecule has 112 valence electrons. The largest absolute Gasteiger partial charge is 0.467 e. The number of hydrogen-bond acceptors (Lipinski definition) is 3. The first-order valence-corrected chi connectivity index (χ1v) is 8.35. The third kappa shape index (κ3) is 3.72. The van der Waals surface area contributed by atoms with E-state index < -0.39 is 0 Å². The van der Waals surface area contributed by atoms with Gasteiger partial charge < -0.3 is 14.6 Å². The van der Waals surface area contributed by atoms with Crippen molar-refractivity contribution in [2.24, 2.45) is 0 Å². The van der Waals surface area contributed by atoms with Crippen LogP contribution in [-0.4, -0.2) is 35.0 Å². The molecule has 0 spiro atoms. The maximum absolute atomic E-state index is 12.3. The summed E-state index contributed by atoms with van der Waals surface area (Å²) < 4.78 is 5.36.